The number of hydrogen-bond acceptors (Lipinski definition) is 6. The molecule has 0 saturated carbocycles. The molecule has 0 unspecified atom stereocenters. The standard InChI is InChI=1S/C13H17N3O2S/c1-9(2)19-8-12-15-13(18-16-12)7-14-10-3-5-11(17)6-4-10/h3-6,9,14,17H,7-8H2,1-2H3. The van der Waals surface area contributed by atoms with Crippen molar-refractivity contribution in [3.63, 3.8) is 0 Å². The van der Waals surface area contributed by atoms with Crippen LogP contribution in [0.15, 0.2) is 28.8 Å². The van der Waals surface area contributed by atoms with Crippen molar-refractivity contribution in [2.45, 2.75) is 31.4 Å². The number of thioether (sulfide) groups is 1. The number of phenolic OH excluding ortho intramolecular Hbond substituents is 1. The van der Waals surface area contributed by atoms with Gasteiger partial charge in [0.25, 0.3) is 0 Å². The molecule has 0 aliphatic carbocycles. The van der Waals surface area contributed by atoms with Crippen LogP contribution < -0.4 is 5.32 Å². The lowest BCUT2D eigenvalue weighted by Gasteiger charge is -2.02. The normalized spacial score (nSPS) is 10.9. The molecule has 0 spiro atoms. The molecule has 0 radical (unpaired) electrons. The van der Waals surface area contributed by atoms with E-state index in [0.717, 1.165) is 17.3 Å². The van der Waals surface area contributed by atoms with Gasteiger partial charge in [0, 0.05) is 5.69 Å². The first-order chi connectivity index (χ1) is 9.13. The Morgan fingerprint density at radius 1 is 1.32 bits per heavy atom. The van der Waals surface area contributed by atoms with Crippen LogP contribution in [0.5, 0.6) is 5.75 Å². The summed E-state index contributed by atoms with van der Waals surface area (Å²) < 4.78 is 5.16. The van der Waals surface area contributed by atoms with Crippen molar-refractivity contribution in [2.24, 2.45) is 0 Å². The topological polar surface area (TPSA) is 71.2 Å². The van der Waals surface area contributed by atoms with Crippen LogP contribution in [-0.2, 0) is 12.3 Å². The second kappa shape index (κ2) is 6.47. The molecule has 2 N–H and O–H groups in total. The lowest BCUT2D eigenvalue weighted by atomic mass is 10.3. The van der Waals surface area contributed by atoms with Gasteiger partial charge in [0.15, 0.2) is 5.82 Å². The van der Waals surface area contributed by atoms with Gasteiger partial charge in [-0.1, -0.05) is 19.0 Å². The summed E-state index contributed by atoms with van der Waals surface area (Å²) >= 11 is 1.78. The predicted molar refractivity (Wildman–Crippen MR) is 76.2 cm³/mol. The molecule has 0 fully saturated rings. The van der Waals surface area contributed by atoms with Crippen molar-refractivity contribution in [2.75, 3.05) is 5.32 Å². The van der Waals surface area contributed by atoms with E-state index < -0.39 is 0 Å². The fraction of sp³-hybridized carbons (Fsp3) is 0.385. The third kappa shape index (κ3) is 4.48. The van der Waals surface area contributed by atoms with E-state index in [-0.39, 0.29) is 5.75 Å². The number of hydrogen-bond donors (Lipinski definition) is 2. The number of anilines is 1. The summed E-state index contributed by atoms with van der Waals surface area (Å²) in [4.78, 5) is 4.30. The van der Waals surface area contributed by atoms with Gasteiger partial charge in [-0.25, -0.2) is 0 Å². The zero-order chi connectivity index (χ0) is 13.7. The maximum absolute atomic E-state index is 9.18. The van der Waals surface area contributed by atoms with Crippen LogP contribution in [0.4, 0.5) is 5.69 Å². The molecular formula is C13H17N3O2S. The van der Waals surface area contributed by atoms with E-state index in [2.05, 4.69) is 29.3 Å². The summed E-state index contributed by atoms with van der Waals surface area (Å²) in [6.07, 6.45) is 0. The Morgan fingerprint density at radius 3 is 2.74 bits per heavy atom. The molecule has 102 valence electrons. The molecular weight excluding hydrogens is 262 g/mol. The van der Waals surface area contributed by atoms with E-state index in [4.69, 9.17) is 4.52 Å². The zero-order valence-corrected chi connectivity index (χ0v) is 11.8. The average molecular weight is 279 g/mol. The number of benzene rings is 1. The Kier molecular flexibility index (Phi) is 4.68. The highest BCUT2D eigenvalue weighted by molar-refractivity contribution is 7.99. The number of aromatic hydroxyl groups is 1. The van der Waals surface area contributed by atoms with E-state index in [1.807, 2.05) is 0 Å². The first-order valence-electron chi connectivity index (χ1n) is 6.09. The van der Waals surface area contributed by atoms with Crippen molar-refractivity contribution in [3.8, 4) is 5.75 Å². The van der Waals surface area contributed by atoms with Crippen LogP contribution in [0.3, 0.4) is 0 Å². The third-order valence-electron chi connectivity index (χ3n) is 2.37. The molecule has 0 aliphatic rings. The fourth-order valence-electron chi connectivity index (χ4n) is 1.42. The maximum atomic E-state index is 9.18. The van der Waals surface area contributed by atoms with Crippen LogP contribution in [0.2, 0.25) is 0 Å². The van der Waals surface area contributed by atoms with Gasteiger partial charge in [-0.3, -0.25) is 0 Å². The molecule has 0 amide bonds. The minimum atomic E-state index is 0.247. The number of nitrogens with zero attached hydrogens (tertiary/aromatic N) is 2. The molecule has 19 heavy (non-hydrogen) atoms. The molecule has 1 aromatic heterocycles. The summed E-state index contributed by atoms with van der Waals surface area (Å²) in [5.74, 6) is 2.30. The van der Waals surface area contributed by atoms with E-state index in [0.29, 0.717) is 17.7 Å². The summed E-state index contributed by atoms with van der Waals surface area (Å²) in [7, 11) is 0. The molecule has 0 aliphatic heterocycles. The minimum Gasteiger partial charge on any atom is -0.508 e. The second-order valence-corrected chi connectivity index (χ2v) is 5.93. The smallest absolute Gasteiger partial charge is 0.245 e. The van der Waals surface area contributed by atoms with Crippen molar-refractivity contribution >= 4 is 17.4 Å². The van der Waals surface area contributed by atoms with Crippen LogP contribution in [0, 0.1) is 0 Å². The van der Waals surface area contributed by atoms with Gasteiger partial charge in [-0.05, 0) is 29.5 Å². The molecule has 0 saturated heterocycles. The molecule has 5 nitrogen and oxygen atoms in total. The van der Waals surface area contributed by atoms with Gasteiger partial charge in [-0.2, -0.15) is 16.7 Å². The molecule has 0 bridgehead atoms. The minimum absolute atomic E-state index is 0.247. The van der Waals surface area contributed by atoms with Crippen LogP contribution >= 0.6 is 11.8 Å². The summed E-state index contributed by atoms with van der Waals surface area (Å²) in [6, 6.07) is 6.84. The fourth-order valence-corrected chi connectivity index (χ4v) is 2.02. The van der Waals surface area contributed by atoms with Gasteiger partial charge in [-0.15, -0.1) is 0 Å². The van der Waals surface area contributed by atoms with E-state index in [1.165, 1.54) is 0 Å². The number of aromatic nitrogens is 2. The highest BCUT2D eigenvalue weighted by atomic mass is 32.2. The first-order valence-corrected chi connectivity index (χ1v) is 7.14. The molecule has 0 atom stereocenters. The Bertz CT molecular complexity index is 511. The molecule has 1 heterocycles. The van der Waals surface area contributed by atoms with Gasteiger partial charge >= 0.3 is 0 Å². The summed E-state index contributed by atoms with van der Waals surface area (Å²) in [6.45, 7) is 4.75. The van der Waals surface area contributed by atoms with E-state index in [1.54, 1.807) is 36.0 Å². The lowest BCUT2D eigenvalue weighted by Crippen LogP contribution is -1.99. The Morgan fingerprint density at radius 2 is 2.05 bits per heavy atom. The highest BCUT2D eigenvalue weighted by Crippen LogP contribution is 2.16. The van der Waals surface area contributed by atoms with Crippen LogP contribution in [0.25, 0.3) is 0 Å². The Labute approximate surface area is 116 Å². The number of nitrogens with one attached hydrogen (secondary N) is 1. The van der Waals surface area contributed by atoms with E-state index in [9.17, 15) is 5.11 Å². The summed E-state index contributed by atoms with van der Waals surface area (Å²) in [5.41, 5.74) is 0.897. The predicted octanol–water partition coefficient (Wildman–Crippen LogP) is 3.03. The molecule has 1 aromatic carbocycles. The molecule has 2 aromatic rings. The largest absolute Gasteiger partial charge is 0.508 e. The van der Waals surface area contributed by atoms with Crippen molar-refractivity contribution in [1.82, 2.24) is 10.1 Å². The lowest BCUT2D eigenvalue weighted by molar-refractivity contribution is 0.379. The van der Waals surface area contributed by atoms with Gasteiger partial charge in [0.05, 0.1) is 12.3 Å². The Balaban J connectivity index is 1.84. The maximum Gasteiger partial charge on any atom is 0.245 e. The van der Waals surface area contributed by atoms with Crippen molar-refractivity contribution < 1.29 is 9.63 Å². The van der Waals surface area contributed by atoms with Crippen LogP contribution in [0.1, 0.15) is 25.6 Å². The number of phenols is 1. The molecule has 2 rings (SSSR count). The quantitative estimate of drug-likeness (QED) is 0.792. The first kappa shape index (κ1) is 13.7. The van der Waals surface area contributed by atoms with Crippen molar-refractivity contribution in [3.05, 3.63) is 36.0 Å². The van der Waals surface area contributed by atoms with Gasteiger partial charge in [0.1, 0.15) is 5.75 Å². The van der Waals surface area contributed by atoms with E-state index >= 15 is 0 Å². The SMILES string of the molecule is CC(C)SCc1noc(CNc2ccc(O)cc2)n1. The zero-order valence-electron chi connectivity index (χ0n) is 11.0. The number of rotatable bonds is 6. The van der Waals surface area contributed by atoms with Crippen LogP contribution in [-0.4, -0.2) is 20.5 Å². The van der Waals surface area contributed by atoms with Crippen molar-refractivity contribution in [1.29, 1.82) is 0 Å². The molecule has 6 heteroatoms. The third-order valence-corrected chi connectivity index (χ3v) is 3.46. The average Bonchev–Trinajstić information content (AvgIpc) is 2.84. The van der Waals surface area contributed by atoms with Gasteiger partial charge < -0.3 is 14.9 Å². The second-order valence-electron chi connectivity index (χ2n) is 4.36. The highest BCUT2D eigenvalue weighted by Gasteiger charge is 2.07. The van der Waals surface area contributed by atoms with Gasteiger partial charge in [0.2, 0.25) is 5.89 Å². The monoisotopic (exact) mass is 279 g/mol. The Hall–Kier alpha value is -1.69. The summed E-state index contributed by atoms with van der Waals surface area (Å²) in [5, 5.41) is 16.8.